The predicted molar refractivity (Wildman–Crippen MR) is 106 cm³/mol. The minimum atomic E-state index is -0.276. The van der Waals surface area contributed by atoms with Crippen molar-refractivity contribution in [3.63, 3.8) is 0 Å². The van der Waals surface area contributed by atoms with E-state index in [0.29, 0.717) is 18.2 Å². The average molecular weight is 376 g/mol. The maximum Gasteiger partial charge on any atom is 0.274 e. The molecule has 1 aromatic heterocycles. The van der Waals surface area contributed by atoms with Crippen LogP contribution in [0, 0.1) is 13.8 Å². The number of amides is 1. The highest BCUT2D eigenvalue weighted by Gasteiger charge is 2.14. The number of nitrogens with zero attached hydrogens (tertiary/aromatic N) is 2. The third-order valence-electron chi connectivity index (χ3n) is 4.63. The zero-order chi connectivity index (χ0) is 19.5. The Bertz CT molecular complexity index is 1040. The minimum Gasteiger partial charge on any atom is -0.454 e. The van der Waals surface area contributed by atoms with Crippen LogP contribution >= 0.6 is 0 Å². The number of aryl methyl sites for hydroxylation is 1. The standard InChI is InChI=1S/C21H20N4O3/c1-13-4-3-5-16(14(13)2)24-20(26)17-8-9-22-21(25-17)23-11-15-6-7-18-19(10-15)28-12-27-18/h3-10H,11-12H2,1-2H3,(H,24,26)(H,22,23,25). The summed E-state index contributed by atoms with van der Waals surface area (Å²) in [5.41, 5.74) is 4.22. The first-order valence-corrected chi connectivity index (χ1v) is 8.93. The average Bonchev–Trinajstić information content (AvgIpc) is 3.18. The van der Waals surface area contributed by atoms with Gasteiger partial charge < -0.3 is 20.1 Å². The molecule has 7 nitrogen and oxygen atoms in total. The van der Waals surface area contributed by atoms with E-state index in [9.17, 15) is 4.79 Å². The molecule has 0 saturated carbocycles. The third kappa shape index (κ3) is 3.73. The van der Waals surface area contributed by atoms with Crippen molar-refractivity contribution in [2.24, 2.45) is 0 Å². The van der Waals surface area contributed by atoms with Crippen molar-refractivity contribution in [3.05, 3.63) is 71.0 Å². The number of fused-ring (bicyclic) bond motifs is 1. The monoisotopic (exact) mass is 376 g/mol. The lowest BCUT2D eigenvalue weighted by atomic mass is 10.1. The largest absolute Gasteiger partial charge is 0.454 e. The van der Waals surface area contributed by atoms with Crippen LogP contribution in [0.15, 0.2) is 48.7 Å². The number of ether oxygens (including phenoxy) is 2. The van der Waals surface area contributed by atoms with Crippen LogP contribution < -0.4 is 20.1 Å². The SMILES string of the molecule is Cc1cccc(NC(=O)c2ccnc(NCc3ccc4c(c3)OCO4)n2)c1C. The Hall–Kier alpha value is -3.61. The molecule has 0 unspecified atom stereocenters. The Morgan fingerprint density at radius 1 is 1.11 bits per heavy atom. The highest BCUT2D eigenvalue weighted by Crippen LogP contribution is 2.32. The summed E-state index contributed by atoms with van der Waals surface area (Å²) in [6, 6.07) is 13.1. The predicted octanol–water partition coefficient (Wildman–Crippen LogP) is 3.69. The molecule has 3 aromatic rings. The number of rotatable bonds is 5. The van der Waals surface area contributed by atoms with E-state index in [1.807, 2.05) is 50.2 Å². The third-order valence-corrected chi connectivity index (χ3v) is 4.63. The first-order valence-electron chi connectivity index (χ1n) is 8.93. The van der Waals surface area contributed by atoms with Gasteiger partial charge in [-0.3, -0.25) is 4.79 Å². The number of benzene rings is 2. The van der Waals surface area contributed by atoms with Crippen molar-refractivity contribution in [3.8, 4) is 11.5 Å². The van der Waals surface area contributed by atoms with Crippen LogP contribution in [-0.2, 0) is 6.54 Å². The van der Waals surface area contributed by atoms with Gasteiger partial charge in [0.25, 0.3) is 5.91 Å². The Kier molecular flexibility index (Phi) is 4.80. The van der Waals surface area contributed by atoms with Crippen LogP contribution in [0.2, 0.25) is 0 Å². The van der Waals surface area contributed by atoms with Gasteiger partial charge in [0.15, 0.2) is 11.5 Å². The molecule has 0 radical (unpaired) electrons. The topological polar surface area (TPSA) is 85.4 Å². The molecule has 1 aliphatic rings. The summed E-state index contributed by atoms with van der Waals surface area (Å²) >= 11 is 0. The molecule has 1 amide bonds. The molecule has 7 heteroatoms. The Morgan fingerprint density at radius 3 is 2.86 bits per heavy atom. The van der Waals surface area contributed by atoms with Crippen LogP contribution in [0.1, 0.15) is 27.2 Å². The smallest absolute Gasteiger partial charge is 0.274 e. The first kappa shape index (κ1) is 17.8. The van der Waals surface area contributed by atoms with Crippen LogP contribution in [0.4, 0.5) is 11.6 Å². The van der Waals surface area contributed by atoms with Crippen LogP contribution in [0.3, 0.4) is 0 Å². The summed E-state index contributed by atoms with van der Waals surface area (Å²) in [7, 11) is 0. The van der Waals surface area contributed by atoms with E-state index in [0.717, 1.165) is 33.9 Å². The van der Waals surface area contributed by atoms with Crippen LogP contribution in [-0.4, -0.2) is 22.7 Å². The zero-order valence-corrected chi connectivity index (χ0v) is 15.7. The molecule has 2 aromatic carbocycles. The molecule has 0 aliphatic carbocycles. The maximum atomic E-state index is 12.6. The molecule has 0 fully saturated rings. The molecule has 4 rings (SSSR count). The normalized spacial score (nSPS) is 11.9. The molecule has 0 bridgehead atoms. The van der Waals surface area contributed by atoms with Gasteiger partial charge in [-0.1, -0.05) is 18.2 Å². The van der Waals surface area contributed by atoms with Crippen molar-refractivity contribution < 1.29 is 14.3 Å². The number of anilines is 2. The number of aromatic nitrogens is 2. The number of hydrogen-bond donors (Lipinski definition) is 2. The van der Waals surface area contributed by atoms with E-state index in [1.165, 1.54) is 0 Å². The highest BCUT2D eigenvalue weighted by molar-refractivity contribution is 6.03. The lowest BCUT2D eigenvalue weighted by molar-refractivity contribution is 0.102. The first-order chi connectivity index (χ1) is 13.6. The quantitative estimate of drug-likeness (QED) is 0.706. The Labute approximate surface area is 162 Å². The molecular formula is C21H20N4O3. The van der Waals surface area contributed by atoms with Gasteiger partial charge in [0.2, 0.25) is 12.7 Å². The molecule has 1 aliphatic heterocycles. The number of carbonyl (C=O) groups excluding carboxylic acids is 1. The lowest BCUT2D eigenvalue weighted by Crippen LogP contribution is -2.16. The van der Waals surface area contributed by atoms with E-state index in [2.05, 4.69) is 20.6 Å². The molecule has 0 spiro atoms. The van der Waals surface area contributed by atoms with Crippen molar-refractivity contribution in [1.29, 1.82) is 0 Å². The van der Waals surface area contributed by atoms with E-state index in [1.54, 1.807) is 12.3 Å². The zero-order valence-electron chi connectivity index (χ0n) is 15.7. The van der Waals surface area contributed by atoms with Gasteiger partial charge in [0.1, 0.15) is 5.69 Å². The molecular weight excluding hydrogens is 356 g/mol. The van der Waals surface area contributed by atoms with Crippen molar-refractivity contribution >= 4 is 17.5 Å². The molecule has 2 N–H and O–H groups in total. The van der Waals surface area contributed by atoms with Crippen molar-refractivity contribution in [2.75, 3.05) is 17.4 Å². The highest BCUT2D eigenvalue weighted by atomic mass is 16.7. The summed E-state index contributed by atoms with van der Waals surface area (Å²) in [5.74, 6) is 1.57. The fraction of sp³-hybridized carbons (Fsp3) is 0.190. The van der Waals surface area contributed by atoms with Gasteiger partial charge in [-0.25, -0.2) is 9.97 Å². The fourth-order valence-corrected chi connectivity index (χ4v) is 2.88. The second-order valence-electron chi connectivity index (χ2n) is 6.51. The summed E-state index contributed by atoms with van der Waals surface area (Å²) in [4.78, 5) is 21.1. The van der Waals surface area contributed by atoms with E-state index in [4.69, 9.17) is 9.47 Å². The Balaban J connectivity index is 1.44. The van der Waals surface area contributed by atoms with Gasteiger partial charge in [-0.15, -0.1) is 0 Å². The molecule has 0 saturated heterocycles. The van der Waals surface area contributed by atoms with Gasteiger partial charge in [0, 0.05) is 18.4 Å². The van der Waals surface area contributed by atoms with Gasteiger partial charge in [0.05, 0.1) is 0 Å². The minimum absolute atomic E-state index is 0.243. The maximum absolute atomic E-state index is 12.6. The van der Waals surface area contributed by atoms with Gasteiger partial charge >= 0.3 is 0 Å². The van der Waals surface area contributed by atoms with Gasteiger partial charge in [-0.05, 0) is 54.8 Å². The molecule has 142 valence electrons. The Morgan fingerprint density at radius 2 is 1.96 bits per heavy atom. The van der Waals surface area contributed by atoms with Crippen molar-refractivity contribution in [2.45, 2.75) is 20.4 Å². The summed E-state index contributed by atoms with van der Waals surface area (Å²) < 4.78 is 10.7. The second kappa shape index (κ2) is 7.56. The fourth-order valence-electron chi connectivity index (χ4n) is 2.88. The second-order valence-corrected chi connectivity index (χ2v) is 6.51. The number of nitrogens with one attached hydrogen (secondary N) is 2. The molecule has 28 heavy (non-hydrogen) atoms. The summed E-state index contributed by atoms with van der Waals surface area (Å²) in [6.07, 6.45) is 1.56. The lowest BCUT2D eigenvalue weighted by Gasteiger charge is -2.11. The van der Waals surface area contributed by atoms with Crippen LogP contribution in [0.5, 0.6) is 11.5 Å². The van der Waals surface area contributed by atoms with Crippen LogP contribution in [0.25, 0.3) is 0 Å². The molecule has 0 atom stereocenters. The van der Waals surface area contributed by atoms with E-state index >= 15 is 0 Å². The summed E-state index contributed by atoms with van der Waals surface area (Å²) in [5, 5.41) is 6.04. The van der Waals surface area contributed by atoms with E-state index < -0.39 is 0 Å². The van der Waals surface area contributed by atoms with Gasteiger partial charge in [-0.2, -0.15) is 0 Å². The number of carbonyl (C=O) groups is 1. The number of hydrogen-bond acceptors (Lipinski definition) is 6. The molecule has 2 heterocycles. The summed E-state index contributed by atoms with van der Waals surface area (Å²) in [6.45, 7) is 4.72. The van der Waals surface area contributed by atoms with Crippen molar-refractivity contribution in [1.82, 2.24) is 9.97 Å². The van der Waals surface area contributed by atoms with E-state index in [-0.39, 0.29) is 12.7 Å².